The van der Waals surface area contributed by atoms with E-state index in [1.54, 1.807) is 6.07 Å². The van der Waals surface area contributed by atoms with Crippen LogP contribution >= 0.6 is 11.3 Å². The molecule has 6 nitrogen and oxygen atoms in total. The molecule has 144 valence electrons. The van der Waals surface area contributed by atoms with Crippen molar-refractivity contribution in [2.24, 2.45) is 0 Å². The molecule has 0 radical (unpaired) electrons. The molecule has 1 saturated heterocycles. The Morgan fingerprint density at radius 2 is 1.84 bits per heavy atom. The Morgan fingerprint density at radius 3 is 2.32 bits per heavy atom. The van der Waals surface area contributed by atoms with Gasteiger partial charge in [-0.2, -0.15) is 4.31 Å². The third kappa shape index (κ3) is 5.03. The van der Waals surface area contributed by atoms with Crippen molar-refractivity contribution >= 4 is 31.2 Å². The van der Waals surface area contributed by atoms with E-state index in [2.05, 4.69) is 4.90 Å². The van der Waals surface area contributed by atoms with Gasteiger partial charge in [-0.15, -0.1) is 11.3 Å². The zero-order valence-corrected chi connectivity index (χ0v) is 17.6. The third-order valence-electron chi connectivity index (χ3n) is 4.70. The molecule has 1 aromatic rings. The minimum absolute atomic E-state index is 0.0691. The lowest BCUT2D eigenvalue weighted by molar-refractivity contribution is 0.251. The average Bonchev–Trinajstić information content (AvgIpc) is 3.18. The van der Waals surface area contributed by atoms with E-state index < -0.39 is 25.9 Å². The molecule has 0 aliphatic carbocycles. The molecule has 2 heterocycles. The second-order valence-corrected chi connectivity index (χ2v) is 11.8. The number of aryl methyl sites for hydroxylation is 1. The van der Waals surface area contributed by atoms with Crippen molar-refractivity contribution in [3.8, 4) is 0 Å². The zero-order chi connectivity index (χ0) is 18.7. The quantitative estimate of drug-likeness (QED) is 0.623. The molecule has 0 spiro atoms. The van der Waals surface area contributed by atoms with Crippen LogP contribution in [0, 0.1) is 0 Å². The van der Waals surface area contributed by atoms with Crippen LogP contribution in [0.1, 0.15) is 32.1 Å². The Kier molecular flexibility index (Phi) is 7.06. The number of hydrogen-bond donors (Lipinski definition) is 0. The summed E-state index contributed by atoms with van der Waals surface area (Å²) in [5.41, 5.74) is 0. The van der Waals surface area contributed by atoms with Gasteiger partial charge in [-0.3, -0.25) is 0 Å². The molecule has 1 fully saturated rings. The lowest BCUT2D eigenvalue weighted by Gasteiger charge is -2.29. The van der Waals surface area contributed by atoms with Gasteiger partial charge in [0.05, 0.1) is 11.5 Å². The third-order valence-corrected chi connectivity index (χ3v) is 10.1. The Morgan fingerprint density at radius 1 is 1.16 bits per heavy atom. The summed E-state index contributed by atoms with van der Waals surface area (Å²) >= 11 is 1.28. The van der Waals surface area contributed by atoms with Gasteiger partial charge in [0.1, 0.15) is 4.21 Å². The van der Waals surface area contributed by atoms with Crippen LogP contribution in [0.5, 0.6) is 0 Å². The predicted molar refractivity (Wildman–Crippen MR) is 102 cm³/mol. The van der Waals surface area contributed by atoms with E-state index >= 15 is 0 Å². The van der Waals surface area contributed by atoms with Crippen LogP contribution in [-0.2, 0) is 26.3 Å². The monoisotopic (exact) mass is 408 g/mol. The Hall–Kier alpha value is -0.480. The van der Waals surface area contributed by atoms with E-state index in [1.165, 1.54) is 15.6 Å². The first kappa shape index (κ1) is 20.8. The maximum atomic E-state index is 13.2. The van der Waals surface area contributed by atoms with Crippen molar-refractivity contribution in [2.45, 2.75) is 43.9 Å². The van der Waals surface area contributed by atoms with E-state index in [0.717, 1.165) is 24.4 Å². The molecule has 0 N–H and O–H groups in total. The molecule has 25 heavy (non-hydrogen) atoms. The van der Waals surface area contributed by atoms with Crippen LogP contribution in [0.3, 0.4) is 0 Å². The molecule has 0 saturated carbocycles. The van der Waals surface area contributed by atoms with Gasteiger partial charge in [0.2, 0.25) is 0 Å². The van der Waals surface area contributed by atoms with Crippen LogP contribution in [-0.4, -0.2) is 69.8 Å². The standard InChI is InChI=1S/C16H28N2O4S3/c1-4-15-7-8-16(23-15)25(21,22)18(11-10-17(5-2)6-3)14-9-12-24(19,20)13-14/h7-8,14H,4-6,9-13H2,1-3H3/t14-/m1/s1. The first-order valence-electron chi connectivity index (χ1n) is 8.76. The molecule has 1 aliphatic heterocycles. The highest BCUT2D eigenvalue weighted by atomic mass is 32.2. The normalized spacial score (nSPS) is 20.6. The summed E-state index contributed by atoms with van der Waals surface area (Å²) in [6.45, 7) is 8.67. The Bertz CT molecular complexity index is 767. The molecular formula is C16H28N2O4S3. The van der Waals surface area contributed by atoms with Gasteiger partial charge in [-0.05, 0) is 38.1 Å². The van der Waals surface area contributed by atoms with Gasteiger partial charge in [0, 0.05) is 24.0 Å². The molecule has 0 unspecified atom stereocenters. The predicted octanol–water partition coefficient (Wildman–Crippen LogP) is 1.83. The maximum Gasteiger partial charge on any atom is 0.252 e. The highest BCUT2D eigenvalue weighted by molar-refractivity contribution is 7.92. The van der Waals surface area contributed by atoms with Crippen molar-refractivity contribution in [3.05, 3.63) is 17.0 Å². The largest absolute Gasteiger partial charge is 0.303 e. The van der Waals surface area contributed by atoms with Crippen LogP contribution in [0.15, 0.2) is 16.3 Å². The minimum atomic E-state index is -3.68. The van der Waals surface area contributed by atoms with Crippen LogP contribution in [0.2, 0.25) is 0 Å². The number of thiophene rings is 1. The van der Waals surface area contributed by atoms with E-state index in [4.69, 9.17) is 0 Å². The molecule has 0 bridgehead atoms. The lowest BCUT2D eigenvalue weighted by atomic mass is 10.2. The zero-order valence-electron chi connectivity index (χ0n) is 15.1. The van der Waals surface area contributed by atoms with Crippen LogP contribution < -0.4 is 0 Å². The van der Waals surface area contributed by atoms with E-state index in [1.807, 2.05) is 26.8 Å². The van der Waals surface area contributed by atoms with Crippen molar-refractivity contribution in [2.75, 3.05) is 37.7 Å². The number of hydrogen-bond acceptors (Lipinski definition) is 6. The summed E-state index contributed by atoms with van der Waals surface area (Å²) < 4.78 is 51.8. The van der Waals surface area contributed by atoms with Crippen molar-refractivity contribution in [1.82, 2.24) is 9.21 Å². The van der Waals surface area contributed by atoms with Crippen molar-refractivity contribution in [3.63, 3.8) is 0 Å². The molecule has 1 aliphatic rings. The maximum absolute atomic E-state index is 13.2. The fourth-order valence-corrected chi connectivity index (χ4v) is 7.98. The number of sulfonamides is 1. The number of sulfone groups is 1. The smallest absolute Gasteiger partial charge is 0.252 e. The highest BCUT2D eigenvalue weighted by Gasteiger charge is 2.39. The van der Waals surface area contributed by atoms with Gasteiger partial charge in [0.25, 0.3) is 10.0 Å². The van der Waals surface area contributed by atoms with E-state index in [9.17, 15) is 16.8 Å². The number of rotatable bonds is 9. The number of nitrogens with zero attached hydrogens (tertiary/aromatic N) is 2. The van der Waals surface area contributed by atoms with Gasteiger partial charge in [-0.1, -0.05) is 20.8 Å². The first-order chi connectivity index (χ1) is 11.7. The molecular weight excluding hydrogens is 380 g/mol. The van der Waals surface area contributed by atoms with Gasteiger partial charge in [0.15, 0.2) is 9.84 Å². The first-order valence-corrected chi connectivity index (χ1v) is 12.8. The number of likely N-dealkylation sites (N-methyl/N-ethyl adjacent to an activating group) is 1. The second-order valence-electron chi connectivity index (χ2n) is 6.27. The summed E-state index contributed by atoms with van der Waals surface area (Å²) in [6, 6.07) is 3.02. The summed E-state index contributed by atoms with van der Waals surface area (Å²) in [6.07, 6.45) is 1.17. The second kappa shape index (κ2) is 8.47. The van der Waals surface area contributed by atoms with Crippen LogP contribution in [0.4, 0.5) is 0 Å². The fourth-order valence-electron chi connectivity index (χ4n) is 3.08. The minimum Gasteiger partial charge on any atom is -0.303 e. The van der Waals surface area contributed by atoms with Gasteiger partial charge < -0.3 is 4.90 Å². The fraction of sp³-hybridized carbons (Fsp3) is 0.750. The van der Waals surface area contributed by atoms with Gasteiger partial charge >= 0.3 is 0 Å². The average molecular weight is 409 g/mol. The molecule has 0 amide bonds. The molecule has 1 aromatic heterocycles. The van der Waals surface area contributed by atoms with E-state index in [0.29, 0.717) is 23.7 Å². The molecule has 9 heteroatoms. The van der Waals surface area contributed by atoms with Gasteiger partial charge in [-0.25, -0.2) is 16.8 Å². The van der Waals surface area contributed by atoms with E-state index in [-0.39, 0.29) is 11.5 Å². The summed E-state index contributed by atoms with van der Waals surface area (Å²) in [5.74, 6) is -0.00387. The SMILES string of the molecule is CCc1ccc(S(=O)(=O)N(CCN(CC)CC)[C@@H]2CCS(=O)(=O)C2)s1. The molecule has 0 aromatic carbocycles. The van der Waals surface area contributed by atoms with Crippen LogP contribution in [0.25, 0.3) is 0 Å². The highest BCUT2D eigenvalue weighted by Crippen LogP contribution is 2.29. The lowest BCUT2D eigenvalue weighted by Crippen LogP contribution is -2.45. The van der Waals surface area contributed by atoms with Crippen molar-refractivity contribution in [1.29, 1.82) is 0 Å². The molecule has 1 atom stereocenters. The summed E-state index contributed by atoms with van der Waals surface area (Å²) in [5, 5.41) is 0. The summed E-state index contributed by atoms with van der Waals surface area (Å²) in [4.78, 5) is 3.17. The Labute approximate surface area is 155 Å². The van der Waals surface area contributed by atoms with Crippen molar-refractivity contribution < 1.29 is 16.8 Å². The molecule has 2 rings (SSSR count). The Balaban J connectivity index is 2.29. The topological polar surface area (TPSA) is 74.8 Å². The summed E-state index contributed by atoms with van der Waals surface area (Å²) in [7, 11) is -6.82.